The van der Waals surface area contributed by atoms with Crippen molar-refractivity contribution in [2.24, 2.45) is 5.73 Å². The third kappa shape index (κ3) is 2.45. The number of nitrogens with two attached hydrogens (primary N) is 1. The number of rotatable bonds is 2. The van der Waals surface area contributed by atoms with Gasteiger partial charge in [0.15, 0.2) is 0 Å². The molecule has 2 rings (SSSR count). The minimum absolute atomic E-state index is 0.122. The zero-order valence-corrected chi connectivity index (χ0v) is 10.1. The van der Waals surface area contributed by atoms with Gasteiger partial charge in [0.25, 0.3) is 0 Å². The molecule has 0 fully saturated rings. The van der Waals surface area contributed by atoms with Gasteiger partial charge in [-0.1, -0.05) is 23.8 Å². The molecule has 1 aliphatic heterocycles. The molecule has 0 aliphatic carbocycles. The highest BCUT2D eigenvalue weighted by Gasteiger charge is 2.10. The molecule has 86 valence electrons. The molecule has 0 radical (unpaired) electrons. The highest BCUT2D eigenvalue weighted by molar-refractivity contribution is 5.49. The number of hydrogen-bond acceptors (Lipinski definition) is 2. The smallest absolute Gasteiger partial charge is 0.0386 e. The Balaban J connectivity index is 2.13. The third-order valence-electron chi connectivity index (χ3n) is 3.12. The van der Waals surface area contributed by atoms with Crippen molar-refractivity contribution in [3.05, 3.63) is 41.5 Å². The molecule has 0 saturated carbocycles. The summed E-state index contributed by atoms with van der Waals surface area (Å²) in [6.45, 7) is 6.39. The van der Waals surface area contributed by atoms with Gasteiger partial charge in [-0.25, -0.2) is 0 Å². The summed E-state index contributed by atoms with van der Waals surface area (Å²) in [6, 6.07) is 8.74. The topological polar surface area (TPSA) is 29.3 Å². The molecular formula is C14H20N2. The van der Waals surface area contributed by atoms with Gasteiger partial charge in [-0.2, -0.15) is 0 Å². The van der Waals surface area contributed by atoms with Crippen molar-refractivity contribution >= 4 is 5.69 Å². The van der Waals surface area contributed by atoms with Crippen LogP contribution < -0.4 is 10.6 Å². The molecule has 1 aromatic rings. The van der Waals surface area contributed by atoms with E-state index in [-0.39, 0.29) is 6.04 Å². The van der Waals surface area contributed by atoms with Gasteiger partial charge < -0.3 is 10.6 Å². The summed E-state index contributed by atoms with van der Waals surface area (Å²) in [5.74, 6) is 0. The third-order valence-corrected chi connectivity index (χ3v) is 3.12. The summed E-state index contributed by atoms with van der Waals surface area (Å²) in [4.78, 5) is 2.42. The maximum Gasteiger partial charge on any atom is 0.0386 e. The molecule has 1 aliphatic rings. The highest BCUT2D eigenvalue weighted by Crippen LogP contribution is 2.21. The molecule has 1 aromatic carbocycles. The van der Waals surface area contributed by atoms with Crippen molar-refractivity contribution in [2.75, 3.05) is 18.0 Å². The van der Waals surface area contributed by atoms with Crippen molar-refractivity contribution in [1.82, 2.24) is 0 Å². The lowest BCUT2D eigenvalue weighted by atomic mass is 10.1. The van der Waals surface area contributed by atoms with Gasteiger partial charge in [0.2, 0.25) is 0 Å². The first kappa shape index (κ1) is 11.2. The molecule has 1 atom stereocenters. The number of nitrogens with zero attached hydrogens (tertiary/aromatic N) is 1. The van der Waals surface area contributed by atoms with E-state index in [4.69, 9.17) is 5.73 Å². The Morgan fingerprint density at radius 3 is 2.50 bits per heavy atom. The predicted molar refractivity (Wildman–Crippen MR) is 69.6 cm³/mol. The Kier molecular flexibility index (Phi) is 3.30. The highest BCUT2D eigenvalue weighted by atomic mass is 15.1. The van der Waals surface area contributed by atoms with Crippen LogP contribution in [0.15, 0.2) is 35.9 Å². The molecular weight excluding hydrogens is 196 g/mol. The Bertz CT molecular complexity index is 376. The summed E-state index contributed by atoms with van der Waals surface area (Å²) in [5, 5.41) is 0. The van der Waals surface area contributed by atoms with E-state index in [9.17, 15) is 0 Å². The van der Waals surface area contributed by atoms with E-state index in [2.05, 4.69) is 42.2 Å². The Morgan fingerprint density at radius 1 is 1.25 bits per heavy atom. The summed E-state index contributed by atoms with van der Waals surface area (Å²) in [5.41, 5.74) is 9.81. The van der Waals surface area contributed by atoms with Crippen LogP contribution in [0.25, 0.3) is 0 Å². The van der Waals surface area contributed by atoms with Crippen LogP contribution in [0.1, 0.15) is 31.9 Å². The molecule has 0 spiro atoms. The van der Waals surface area contributed by atoms with Gasteiger partial charge in [-0.3, -0.25) is 0 Å². The molecule has 2 N–H and O–H groups in total. The van der Waals surface area contributed by atoms with Gasteiger partial charge in [0.05, 0.1) is 0 Å². The SMILES string of the molecule is CC1=CCCN(c2ccc(C(C)N)cc2)C1. The minimum Gasteiger partial charge on any atom is -0.367 e. The molecule has 0 bridgehead atoms. The van der Waals surface area contributed by atoms with Crippen LogP contribution in [-0.4, -0.2) is 13.1 Å². The van der Waals surface area contributed by atoms with Gasteiger partial charge in [0, 0.05) is 24.8 Å². The summed E-state index contributed by atoms with van der Waals surface area (Å²) in [7, 11) is 0. The summed E-state index contributed by atoms with van der Waals surface area (Å²) in [6.07, 6.45) is 3.48. The van der Waals surface area contributed by atoms with Crippen molar-refractivity contribution < 1.29 is 0 Å². The number of hydrogen-bond donors (Lipinski definition) is 1. The summed E-state index contributed by atoms with van der Waals surface area (Å²) < 4.78 is 0. The van der Waals surface area contributed by atoms with Crippen LogP contribution in [-0.2, 0) is 0 Å². The van der Waals surface area contributed by atoms with E-state index < -0.39 is 0 Å². The number of benzene rings is 1. The molecule has 2 heteroatoms. The van der Waals surface area contributed by atoms with Crippen LogP contribution >= 0.6 is 0 Å². The predicted octanol–water partition coefficient (Wildman–Crippen LogP) is 2.86. The molecule has 0 aromatic heterocycles. The molecule has 0 amide bonds. The monoisotopic (exact) mass is 216 g/mol. The van der Waals surface area contributed by atoms with Gasteiger partial charge in [-0.15, -0.1) is 0 Å². The van der Waals surface area contributed by atoms with Crippen molar-refractivity contribution in [3.63, 3.8) is 0 Å². The van der Waals surface area contributed by atoms with Crippen LogP contribution in [0, 0.1) is 0 Å². The average molecular weight is 216 g/mol. The Morgan fingerprint density at radius 2 is 1.94 bits per heavy atom. The van der Waals surface area contributed by atoms with Crippen LogP contribution in [0.3, 0.4) is 0 Å². The van der Waals surface area contributed by atoms with Crippen LogP contribution in [0.2, 0.25) is 0 Å². The molecule has 1 heterocycles. The second-order valence-electron chi connectivity index (χ2n) is 4.64. The zero-order valence-electron chi connectivity index (χ0n) is 10.1. The average Bonchev–Trinajstić information content (AvgIpc) is 2.29. The minimum atomic E-state index is 0.122. The first-order valence-electron chi connectivity index (χ1n) is 5.93. The van der Waals surface area contributed by atoms with Crippen LogP contribution in [0.5, 0.6) is 0 Å². The second-order valence-corrected chi connectivity index (χ2v) is 4.64. The normalized spacial score (nSPS) is 18.2. The van der Waals surface area contributed by atoms with E-state index in [0.717, 1.165) is 19.5 Å². The summed E-state index contributed by atoms with van der Waals surface area (Å²) >= 11 is 0. The first-order valence-corrected chi connectivity index (χ1v) is 5.93. The Hall–Kier alpha value is -1.28. The van der Waals surface area contributed by atoms with E-state index in [1.165, 1.54) is 16.8 Å². The van der Waals surface area contributed by atoms with E-state index >= 15 is 0 Å². The molecule has 1 unspecified atom stereocenters. The van der Waals surface area contributed by atoms with Crippen LogP contribution in [0.4, 0.5) is 5.69 Å². The second kappa shape index (κ2) is 4.71. The lowest BCUT2D eigenvalue weighted by Crippen LogP contribution is -2.28. The fourth-order valence-electron chi connectivity index (χ4n) is 2.12. The van der Waals surface area contributed by atoms with E-state index in [1.807, 2.05) is 6.92 Å². The van der Waals surface area contributed by atoms with Gasteiger partial charge >= 0.3 is 0 Å². The molecule has 0 saturated heterocycles. The Labute approximate surface area is 97.8 Å². The molecule has 16 heavy (non-hydrogen) atoms. The fourth-order valence-corrected chi connectivity index (χ4v) is 2.12. The van der Waals surface area contributed by atoms with Crippen molar-refractivity contribution in [2.45, 2.75) is 26.3 Å². The first-order chi connectivity index (χ1) is 7.66. The van der Waals surface area contributed by atoms with Crippen molar-refractivity contribution in [3.8, 4) is 0 Å². The van der Waals surface area contributed by atoms with E-state index in [1.54, 1.807) is 0 Å². The fraction of sp³-hybridized carbons (Fsp3) is 0.429. The van der Waals surface area contributed by atoms with Gasteiger partial charge in [0.1, 0.15) is 0 Å². The lowest BCUT2D eigenvalue weighted by molar-refractivity contribution is 0.787. The maximum atomic E-state index is 5.84. The standard InChI is InChI=1S/C14H20N2/c1-11-4-3-9-16(10-11)14-7-5-13(6-8-14)12(2)15/h4-8,12H,3,9-10,15H2,1-2H3. The largest absolute Gasteiger partial charge is 0.367 e. The zero-order chi connectivity index (χ0) is 11.5. The number of anilines is 1. The lowest BCUT2D eigenvalue weighted by Gasteiger charge is -2.28. The van der Waals surface area contributed by atoms with E-state index in [0.29, 0.717) is 0 Å². The van der Waals surface area contributed by atoms with Crippen molar-refractivity contribution in [1.29, 1.82) is 0 Å². The molecule has 2 nitrogen and oxygen atoms in total. The maximum absolute atomic E-state index is 5.84. The quantitative estimate of drug-likeness (QED) is 0.770. The van der Waals surface area contributed by atoms with Gasteiger partial charge in [-0.05, 0) is 38.0 Å².